The molecular weight excluding hydrogens is 392 g/mol. The Kier molecular flexibility index (Phi) is 6.16. The summed E-state index contributed by atoms with van der Waals surface area (Å²) >= 11 is 6.03. The van der Waals surface area contributed by atoms with Gasteiger partial charge in [-0.1, -0.05) is 54.1 Å². The van der Waals surface area contributed by atoms with Crippen LogP contribution in [0.2, 0.25) is 5.02 Å². The highest BCUT2D eigenvalue weighted by Gasteiger charge is 2.16. The van der Waals surface area contributed by atoms with E-state index in [9.17, 15) is 19.7 Å². The average molecular weight is 407 g/mol. The van der Waals surface area contributed by atoms with Crippen molar-refractivity contribution in [3.63, 3.8) is 0 Å². The number of halogens is 1. The second-order valence-electron chi connectivity index (χ2n) is 6.02. The van der Waals surface area contributed by atoms with Gasteiger partial charge in [-0.2, -0.15) is 0 Å². The minimum atomic E-state index is -0.535. The molecule has 1 amide bonds. The summed E-state index contributed by atoms with van der Waals surface area (Å²) in [6.45, 7) is 0. The summed E-state index contributed by atoms with van der Waals surface area (Å²) in [6.07, 6.45) is 2.52. The summed E-state index contributed by atoms with van der Waals surface area (Å²) in [7, 11) is 0. The van der Waals surface area contributed by atoms with Crippen molar-refractivity contribution in [2.75, 3.05) is 5.32 Å². The monoisotopic (exact) mass is 406 g/mol. The zero-order chi connectivity index (χ0) is 20.8. The molecule has 29 heavy (non-hydrogen) atoms. The van der Waals surface area contributed by atoms with E-state index in [1.807, 2.05) is 0 Å². The van der Waals surface area contributed by atoms with Crippen LogP contribution in [0.4, 0.5) is 11.4 Å². The molecule has 7 heteroatoms. The Morgan fingerprint density at radius 3 is 2.38 bits per heavy atom. The number of para-hydroxylation sites is 1. The van der Waals surface area contributed by atoms with E-state index in [1.165, 1.54) is 36.4 Å². The molecule has 6 nitrogen and oxygen atoms in total. The third-order valence-corrected chi connectivity index (χ3v) is 4.30. The van der Waals surface area contributed by atoms with Crippen LogP contribution in [0.25, 0.3) is 6.08 Å². The number of amides is 1. The fourth-order valence-corrected chi connectivity index (χ4v) is 2.87. The molecule has 0 fully saturated rings. The molecular formula is C22H15ClN2O4. The fourth-order valence-electron chi connectivity index (χ4n) is 2.69. The Morgan fingerprint density at radius 1 is 0.966 bits per heavy atom. The largest absolute Gasteiger partial charge is 0.322 e. The molecule has 0 atom stereocenters. The van der Waals surface area contributed by atoms with Gasteiger partial charge in [-0.3, -0.25) is 19.7 Å². The lowest BCUT2D eigenvalue weighted by molar-refractivity contribution is -0.385. The first-order valence-corrected chi connectivity index (χ1v) is 8.95. The third-order valence-electron chi connectivity index (χ3n) is 4.07. The lowest BCUT2D eigenvalue weighted by Crippen LogP contribution is -2.13. The second kappa shape index (κ2) is 8.95. The highest BCUT2D eigenvalue weighted by atomic mass is 35.5. The summed E-state index contributed by atoms with van der Waals surface area (Å²) in [5.74, 6) is -0.821. The third kappa shape index (κ3) is 4.94. The summed E-state index contributed by atoms with van der Waals surface area (Å²) in [6, 6.07) is 19.3. The fraction of sp³-hybridized carbons (Fsp3) is 0. The number of nitrogens with zero attached hydrogens (tertiary/aromatic N) is 1. The molecule has 0 saturated carbocycles. The number of nitro benzene ring substituents is 1. The van der Waals surface area contributed by atoms with Gasteiger partial charge in [0.1, 0.15) is 0 Å². The van der Waals surface area contributed by atoms with Crippen molar-refractivity contribution in [2.24, 2.45) is 0 Å². The summed E-state index contributed by atoms with van der Waals surface area (Å²) in [4.78, 5) is 35.7. The van der Waals surface area contributed by atoms with Gasteiger partial charge in [0.25, 0.3) is 5.69 Å². The van der Waals surface area contributed by atoms with Crippen molar-refractivity contribution in [2.45, 2.75) is 0 Å². The number of nitro groups is 1. The molecule has 0 radical (unpaired) electrons. The Hall–Kier alpha value is -3.77. The van der Waals surface area contributed by atoms with Crippen molar-refractivity contribution in [3.8, 4) is 0 Å². The number of benzene rings is 3. The number of carbonyl (C=O) groups is 2. The van der Waals surface area contributed by atoms with Gasteiger partial charge < -0.3 is 5.32 Å². The molecule has 0 aliphatic rings. The predicted molar refractivity (Wildman–Crippen MR) is 112 cm³/mol. The first-order valence-electron chi connectivity index (χ1n) is 8.57. The standard InChI is InChI=1S/C22H15ClN2O4/c23-17-11-12-19(18(14-17)22(27)16-7-2-1-3-8-16)24-21(26)13-10-15-6-4-5-9-20(15)25(28)29/h1-14H,(H,24,26)/b13-10+. The molecule has 0 aliphatic heterocycles. The highest BCUT2D eigenvalue weighted by molar-refractivity contribution is 6.31. The molecule has 3 rings (SSSR count). The smallest absolute Gasteiger partial charge is 0.276 e. The van der Waals surface area contributed by atoms with Gasteiger partial charge in [0, 0.05) is 28.3 Å². The van der Waals surface area contributed by atoms with Crippen LogP contribution in [0, 0.1) is 10.1 Å². The zero-order valence-electron chi connectivity index (χ0n) is 15.0. The molecule has 0 aromatic heterocycles. The second-order valence-corrected chi connectivity index (χ2v) is 6.46. The zero-order valence-corrected chi connectivity index (χ0v) is 15.8. The van der Waals surface area contributed by atoms with Crippen LogP contribution < -0.4 is 5.32 Å². The van der Waals surface area contributed by atoms with Gasteiger partial charge in [0.05, 0.1) is 16.2 Å². The van der Waals surface area contributed by atoms with Gasteiger partial charge >= 0.3 is 0 Å². The van der Waals surface area contributed by atoms with Gasteiger partial charge in [0.2, 0.25) is 5.91 Å². The van der Waals surface area contributed by atoms with Gasteiger partial charge in [-0.25, -0.2) is 0 Å². The molecule has 144 valence electrons. The SMILES string of the molecule is O=C(/C=C/c1ccccc1[N+](=O)[O-])Nc1ccc(Cl)cc1C(=O)c1ccccc1. The maximum Gasteiger partial charge on any atom is 0.276 e. The lowest BCUT2D eigenvalue weighted by Gasteiger charge is -2.10. The number of ketones is 1. The molecule has 3 aromatic carbocycles. The van der Waals surface area contributed by atoms with Crippen molar-refractivity contribution in [1.82, 2.24) is 0 Å². The van der Waals surface area contributed by atoms with Crippen LogP contribution in [0.5, 0.6) is 0 Å². The Labute approximate surface area is 171 Å². The van der Waals surface area contributed by atoms with Gasteiger partial charge in [-0.05, 0) is 30.3 Å². The normalized spacial score (nSPS) is 10.7. The van der Waals surface area contributed by atoms with Crippen molar-refractivity contribution < 1.29 is 14.5 Å². The maximum absolute atomic E-state index is 12.8. The minimum absolute atomic E-state index is 0.108. The maximum atomic E-state index is 12.8. The van der Waals surface area contributed by atoms with E-state index in [4.69, 9.17) is 11.6 Å². The first kappa shape index (κ1) is 20.0. The molecule has 0 heterocycles. The van der Waals surface area contributed by atoms with Gasteiger partial charge in [-0.15, -0.1) is 0 Å². The lowest BCUT2D eigenvalue weighted by atomic mass is 10.0. The minimum Gasteiger partial charge on any atom is -0.322 e. The number of hydrogen-bond donors (Lipinski definition) is 1. The molecule has 0 saturated heterocycles. The van der Waals surface area contributed by atoms with Crippen molar-refractivity contribution >= 4 is 40.7 Å². The summed E-state index contributed by atoms with van der Waals surface area (Å²) in [5, 5.41) is 14.1. The van der Waals surface area contributed by atoms with Gasteiger partial charge in [0.15, 0.2) is 5.78 Å². The molecule has 0 bridgehead atoms. The Bertz CT molecular complexity index is 1110. The van der Waals surface area contributed by atoms with Crippen LogP contribution in [0.3, 0.4) is 0 Å². The van der Waals surface area contributed by atoms with E-state index < -0.39 is 10.8 Å². The highest BCUT2D eigenvalue weighted by Crippen LogP contribution is 2.24. The van der Waals surface area contributed by atoms with Crippen LogP contribution in [-0.2, 0) is 4.79 Å². The number of anilines is 1. The quantitative estimate of drug-likeness (QED) is 0.266. The number of rotatable bonds is 6. The van der Waals surface area contributed by atoms with E-state index in [2.05, 4.69) is 5.32 Å². The molecule has 0 aliphatic carbocycles. The first-order chi connectivity index (χ1) is 14.0. The summed E-state index contributed by atoms with van der Waals surface area (Å²) < 4.78 is 0. The molecule has 0 spiro atoms. The van der Waals surface area contributed by atoms with Crippen LogP contribution >= 0.6 is 11.6 Å². The van der Waals surface area contributed by atoms with E-state index in [-0.39, 0.29) is 17.0 Å². The van der Waals surface area contributed by atoms with Crippen LogP contribution in [0.1, 0.15) is 21.5 Å². The Morgan fingerprint density at radius 2 is 1.66 bits per heavy atom. The van der Waals surface area contributed by atoms with Crippen molar-refractivity contribution in [1.29, 1.82) is 0 Å². The van der Waals surface area contributed by atoms with Crippen LogP contribution in [-0.4, -0.2) is 16.6 Å². The molecule has 3 aromatic rings. The molecule has 1 N–H and O–H groups in total. The molecule has 0 unspecified atom stereocenters. The summed E-state index contributed by atoms with van der Waals surface area (Å²) in [5.41, 5.74) is 1.18. The number of carbonyl (C=O) groups excluding carboxylic acids is 2. The van der Waals surface area contributed by atoms with Crippen LogP contribution in [0.15, 0.2) is 78.9 Å². The van der Waals surface area contributed by atoms with E-state index in [0.29, 0.717) is 21.8 Å². The number of nitrogens with one attached hydrogen (secondary N) is 1. The predicted octanol–water partition coefficient (Wildman–Crippen LogP) is 5.13. The van der Waals surface area contributed by atoms with Crippen molar-refractivity contribution in [3.05, 3.63) is 111 Å². The van der Waals surface area contributed by atoms with E-state index in [0.717, 1.165) is 0 Å². The number of hydrogen-bond acceptors (Lipinski definition) is 4. The Balaban J connectivity index is 1.85. The topological polar surface area (TPSA) is 89.3 Å². The average Bonchev–Trinajstić information content (AvgIpc) is 2.73. The van der Waals surface area contributed by atoms with E-state index in [1.54, 1.807) is 48.5 Å². The van der Waals surface area contributed by atoms with E-state index >= 15 is 0 Å².